The summed E-state index contributed by atoms with van der Waals surface area (Å²) in [5.74, 6) is 0.982. The first-order valence-corrected chi connectivity index (χ1v) is 6.86. The van der Waals surface area contributed by atoms with E-state index in [9.17, 15) is 8.42 Å². The van der Waals surface area contributed by atoms with Gasteiger partial charge in [-0.15, -0.1) is 0 Å². The molecule has 1 N–H and O–H groups in total. The molecule has 0 radical (unpaired) electrons. The first kappa shape index (κ1) is 13.8. The van der Waals surface area contributed by atoms with Gasteiger partial charge in [-0.2, -0.15) is 0 Å². The monoisotopic (exact) mass is 259 g/mol. The van der Waals surface area contributed by atoms with Gasteiger partial charge in [0.25, 0.3) is 0 Å². The smallest absolute Gasteiger partial charge is 0.240 e. The predicted octanol–water partition coefficient (Wildman–Crippen LogP) is 1.39. The minimum Gasteiger partial charge on any atom is -0.490 e. The average molecular weight is 259 g/mol. The summed E-state index contributed by atoms with van der Waals surface area (Å²) in [4.78, 5) is 0.159. The third kappa shape index (κ3) is 3.34. The van der Waals surface area contributed by atoms with Crippen LogP contribution in [0.5, 0.6) is 11.5 Å². The van der Waals surface area contributed by atoms with Crippen molar-refractivity contribution < 1.29 is 17.9 Å². The summed E-state index contributed by atoms with van der Waals surface area (Å²) in [7, 11) is -2.09. The molecule has 0 bridgehead atoms. The summed E-state index contributed by atoms with van der Waals surface area (Å²) < 4.78 is 36.2. The fraction of sp³-hybridized carbons (Fsp3) is 0.455. The fourth-order valence-corrected chi connectivity index (χ4v) is 2.06. The topological polar surface area (TPSA) is 64.6 Å². The van der Waals surface area contributed by atoms with Crippen LogP contribution in [0.15, 0.2) is 23.1 Å². The van der Waals surface area contributed by atoms with Crippen LogP contribution in [-0.2, 0) is 10.0 Å². The molecule has 0 saturated carbocycles. The molecule has 96 valence electrons. The highest BCUT2D eigenvalue weighted by atomic mass is 32.2. The third-order valence-electron chi connectivity index (χ3n) is 2.09. The molecule has 0 saturated heterocycles. The normalized spacial score (nSPS) is 11.2. The van der Waals surface area contributed by atoms with Crippen molar-refractivity contribution in [2.75, 3.05) is 20.3 Å². The lowest BCUT2D eigenvalue weighted by Gasteiger charge is -2.12. The standard InChI is InChI=1S/C11H17NO4S/c1-4-15-10-7-6-9(17(13,14)12-3)8-11(10)16-5-2/h6-8,12H,4-5H2,1-3H3. The van der Waals surface area contributed by atoms with Crippen molar-refractivity contribution in [3.8, 4) is 11.5 Å². The van der Waals surface area contributed by atoms with E-state index in [4.69, 9.17) is 9.47 Å². The van der Waals surface area contributed by atoms with Crippen molar-refractivity contribution in [2.45, 2.75) is 18.7 Å². The second-order valence-electron chi connectivity index (χ2n) is 3.18. The molecule has 0 amide bonds. The SMILES string of the molecule is CCOc1ccc(S(=O)(=O)NC)cc1OCC. The van der Waals surface area contributed by atoms with E-state index >= 15 is 0 Å². The Morgan fingerprint density at radius 1 is 1.12 bits per heavy atom. The summed E-state index contributed by atoms with van der Waals surface area (Å²) in [5.41, 5.74) is 0. The largest absolute Gasteiger partial charge is 0.490 e. The van der Waals surface area contributed by atoms with Crippen molar-refractivity contribution in [1.82, 2.24) is 4.72 Å². The first-order valence-electron chi connectivity index (χ1n) is 5.38. The maximum atomic E-state index is 11.6. The Morgan fingerprint density at radius 3 is 2.24 bits per heavy atom. The lowest BCUT2D eigenvalue weighted by atomic mass is 10.3. The van der Waals surface area contributed by atoms with Gasteiger partial charge in [-0.25, -0.2) is 13.1 Å². The van der Waals surface area contributed by atoms with Crippen LogP contribution < -0.4 is 14.2 Å². The first-order chi connectivity index (χ1) is 8.05. The van der Waals surface area contributed by atoms with E-state index in [1.165, 1.54) is 19.2 Å². The van der Waals surface area contributed by atoms with Crippen LogP contribution in [0, 0.1) is 0 Å². The van der Waals surface area contributed by atoms with Crippen molar-refractivity contribution in [3.63, 3.8) is 0 Å². The molecule has 1 rings (SSSR count). The molecule has 0 spiro atoms. The van der Waals surface area contributed by atoms with Gasteiger partial charge in [0, 0.05) is 6.07 Å². The van der Waals surface area contributed by atoms with Crippen molar-refractivity contribution in [2.24, 2.45) is 0 Å². The fourth-order valence-electron chi connectivity index (χ4n) is 1.32. The van der Waals surface area contributed by atoms with Gasteiger partial charge < -0.3 is 9.47 Å². The Kier molecular flexibility index (Phi) is 4.77. The lowest BCUT2D eigenvalue weighted by molar-refractivity contribution is 0.287. The quantitative estimate of drug-likeness (QED) is 0.838. The minimum atomic E-state index is -3.46. The Morgan fingerprint density at radius 2 is 1.71 bits per heavy atom. The van der Waals surface area contributed by atoms with Gasteiger partial charge in [-0.1, -0.05) is 0 Å². The van der Waals surface area contributed by atoms with Gasteiger partial charge >= 0.3 is 0 Å². The third-order valence-corrected chi connectivity index (χ3v) is 3.51. The maximum absolute atomic E-state index is 11.6. The maximum Gasteiger partial charge on any atom is 0.240 e. The molecule has 1 aromatic carbocycles. The van der Waals surface area contributed by atoms with E-state index in [1.807, 2.05) is 13.8 Å². The molecule has 17 heavy (non-hydrogen) atoms. The number of sulfonamides is 1. The number of hydrogen-bond donors (Lipinski definition) is 1. The zero-order valence-corrected chi connectivity index (χ0v) is 11.0. The van der Waals surface area contributed by atoms with Crippen LogP contribution >= 0.6 is 0 Å². The summed E-state index contributed by atoms with van der Waals surface area (Å²) in [6.45, 7) is 4.63. The molecule has 0 atom stereocenters. The van der Waals surface area contributed by atoms with Crippen LogP contribution in [0.4, 0.5) is 0 Å². The Labute approximate surface area is 102 Å². The van der Waals surface area contributed by atoms with E-state index in [0.29, 0.717) is 24.7 Å². The van der Waals surface area contributed by atoms with Gasteiger partial charge in [-0.3, -0.25) is 0 Å². The molecule has 6 heteroatoms. The molecular weight excluding hydrogens is 242 g/mol. The second kappa shape index (κ2) is 5.88. The molecule has 0 aliphatic heterocycles. The Bertz CT molecular complexity index is 470. The number of benzene rings is 1. The number of ether oxygens (including phenoxy) is 2. The molecule has 0 heterocycles. The molecule has 0 aliphatic rings. The molecule has 0 unspecified atom stereocenters. The highest BCUT2D eigenvalue weighted by Crippen LogP contribution is 2.30. The molecule has 0 aromatic heterocycles. The lowest BCUT2D eigenvalue weighted by Crippen LogP contribution is -2.18. The van der Waals surface area contributed by atoms with Crippen molar-refractivity contribution in [3.05, 3.63) is 18.2 Å². The van der Waals surface area contributed by atoms with Gasteiger partial charge in [0.05, 0.1) is 18.1 Å². The number of nitrogens with one attached hydrogen (secondary N) is 1. The molecule has 1 aromatic rings. The molecule has 0 fully saturated rings. The summed E-state index contributed by atoms with van der Waals surface area (Å²) >= 11 is 0. The Hall–Kier alpha value is -1.27. The van der Waals surface area contributed by atoms with Gasteiger partial charge in [-0.05, 0) is 33.0 Å². The van der Waals surface area contributed by atoms with E-state index in [2.05, 4.69) is 4.72 Å². The second-order valence-corrected chi connectivity index (χ2v) is 5.07. The van der Waals surface area contributed by atoms with E-state index in [1.54, 1.807) is 6.07 Å². The molecular formula is C11H17NO4S. The number of hydrogen-bond acceptors (Lipinski definition) is 4. The van der Waals surface area contributed by atoms with Gasteiger partial charge in [0.15, 0.2) is 11.5 Å². The number of rotatable bonds is 6. The van der Waals surface area contributed by atoms with Crippen LogP contribution in [0.1, 0.15) is 13.8 Å². The van der Waals surface area contributed by atoms with Crippen molar-refractivity contribution in [1.29, 1.82) is 0 Å². The van der Waals surface area contributed by atoms with Gasteiger partial charge in [0.2, 0.25) is 10.0 Å². The molecule has 5 nitrogen and oxygen atoms in total. The van der Waals surface area contributed by atoms with Crippen LogP contribution in [-0.4, -0.2) is 28.7 Å². The Balaban J connectivity index is 3.18. The van der Waals surface area contributed by atoms with Crippen LogP contribution in [0.25, 0.3) is 0 Å². The van der Waals surface area contributed by atoms with E-state index in [0.717, 1.165) is 0 Å². The molecule has 0 aliphatic carbocycles. The van der Waals surface area contributed by atoms with Crippen molar-refractivity contribution >= 4 is 10.0 Å². The highest BCUT2D eigenvalue weighted by molar-refractivity contribution is 7.89. The van der Waals surface area contributed by atoms with Crippen LogP contribution in [0.3, 0.4) is 0 Å². The zero-order chi connectivity index (χ0) is 12.9. The summed E-state index contributed by atoms with van der Waals surface area (Å²) in [6.07, 6.45) is 0. The van der Waals surface area contributed by atoms with E-state index in [-0.39, 0.29) is 4.90 Å². The van der Waals surface area contributed by atoms with Crippen LogP contribution in [0.2, 0.25) is 0 Å². The van der Waals surface area contributed by atoms with E-state index < -0.39 is 10.0 Å². The zero-order valence-electron chi connectivity index (χ0n) is 10.2. The highest BCUT2D eigenvalue weighted by Gasteiger charge is 2.15. The predicted molar refractivity (Wildman–Crippen MR) is 65.0 cm³/mol. The van der Waals surface area contributed by atoms with Gasteiger partial charge in [0.1, 0.15) is 0 Å². The minimum absolute atomic E-state index is 0.159. The summed E-state index contributed by atoms with van der Waals surface area (Å²) in [5, 5.41) is 0. The summed E-state index contributed by atoms with van der Waals surface area (Å²) in [6, 6.07) is 4.54. The average Bonchev–Trinajstić information content (AvgIpc) is 2.32.